The summed E-state index contributed by atoms with van der Waals surface area (Å²) >= 11 is 0. The first-order valence-corrected chi connectivity index (χ1v) is 6.41. The third kappa shape index (κ3) is 2.17. The number of imidazole rings is 1. The van der Waals surface area contributed by atoms with E-state index in [9.17, 15) is 9.18 Å². The molecule has 2 aromatic rings. The summed E-state index contributed by atoms with van der Waals surface area (Å²) in [5.74, 6) is 0.426. The fraction of sp³-hybridized carbons (Fsp3) is 0.500. The van der Waals surface area contributed by atoms with Gasteiger partial charge in [0.2, 0.25) is 5.91 Å². The normalized spacial score (nSPS) is 18.8. The number of fused-ring (bicyclic) bond motifs is 1. The van der Waals surface area contributed by atoms with Crippen LogP contribution in [0.3, 0.4) is 0 Å². The number of carbonyl (C=O) groups excluding carboxylic acids is 1. The smallest absolute Gasteiger partial charge is 0.312 e. The lowest BCUT2D eigenvalue weighted by atomic mass is 10.2. The zero-order valence-corrected chi connectivity index (χ0v) is 11.3. The van der Waals surface area contributed by atoms with Crippen molar-refractivity contribution in [2.75, 3.05) is 18.4 Å². The van der Waals surface area contributed by atoms with Crippen LogP contribution in [0.2, 0.25) is 0 Å². The maximum Gasteiger partial charge on any atom is 0.312 e. The van der Waals surface area contributed by atoms with Crippen LogP contribution in [0.1, 0.15) is 13.3 Å². The zero-order valence-electron chi connectivity index (χ0n) is 11.3. The highest BCUT2D eigenvalue weighted by Crippen LogP contribution is 2.21. The molecule has 20 heavy (non-hydrogen) atoms. The second kappa shape index (κ2) is 4.69. The molecule has 3 heterocycles. The zero-order chi connectivity index (χ0) is 14.3. The molecule has 0 spiro atoms. The summed E-state index contributed by atoms with van der Waals surface area (Å²) in [5, 5.41) is 3.16. The van der Waals surface area contributed by atoms with E-state index in [-0.39, 0.29) is 11.9 Å². The molecular weight excluding hydrogens is 263 g/mol. The Morgan fingerprint density at radius 1 is 1.50 bits per heavy atom. The second-order valence-corrected chi connectivity index (χ2v) is 4.96. The first kappa shape index (κ1) is 12.8. The van der Waals surface area contributed by atoms with Crippen LogP contribution in [0, 0.1) is 6.08 Å². The minimum atomic E-state index is -0.787. The molecule has 1 N–H and O–H groups in total. The average Bonchev–Trinajstić information content (AvgIpc) is 2.98. The molecule has 0 radical (unpaired) electrons. The third-order valence-electron chi connectivity index (χ3n) is 3.51. The standard InChI is InChI=1S/C12H15FN6O/c1-7(20)19-4-3-8(5-19)15-10-9-11(17-12(13)16-10)18(2)6-14-9/h6,8H,3-5H2,1-2H3,(H,15,16,17)/t8-/m0/s1. The molecule has 1 saturated heterocycles. The molecule has 106 valence electrons. The van der Waals surface area contributed by atoms with E-state index in [0.717, 1.165) is 6.42 Å². The number of hydrogen-bond acceptors (Lipinski definition) is 5. The maximum absolute atomic E-state index is 13.5. The van der Waals surface area contributed by atoms with Crippen molar-refractivity contribution in [3.8, 4) is 0 Å². The van der Waals surface area contributed by atoms with Crippen molar-refractivity contribution in [2.45, 2.75) is 19.4 Å². The molecule has 0 unspecified atom stereocenters. The van der Waals surface area contributed by atoms with E-state index in [1.165, 1.54) is 0 Å². The summed E-state index contributed by atoms with van der Waals surface area (Å²) in [6.45, 7) is 2.84. The van der Waals surface area contributed by atoms with Crippen LogP contribution in [-0.4, -0.2) is 49.5 Å². The number of aromatic nitrogens is 4. The monoisotopic (exact) mass is 278 g/mol. The van der Waals surface area contributed by atoms with Gasteiger partial charge in [-0.3, -0.25) is 4.79 Å². The van der Waals surface area contributed by atoms with Crippen LogP contribution >= 0.6 is 0 Å². The quantitative estimate of drug-likeness (QED) is 0.811. The number of aryl methyl sites for hydroxylation is 1. The Morgan fingerprint density at radius 2 is 2.30 bits per heavy atom. The van der Waals surface area contributed by atoms with Gasteiger partial charge in [0, 0.05) is 33.1 Å². The predicted octanol–water partition coefficient (Wildman–Crippen LogP) is 0.535. The molecule has 1 amide bonds. The number of carbonyl (C=O) groups is 1. The SMILES string of the molecule is CC(=O)N1CC[C@H](Nc2nc(F)nc3c2ncn3C)C1. The van der Waals surface area contributed by atoms with Crippen molar-refractivity contribution >= 4 is 22.9 Å². The van der Waals surface area contributed by atoms with Crippen LogP contribution in [-0.2, 0) is 11.8 Å². The van der Waals surface area contributed by atoms with Crippen molar-refractivity contribution in [3.63, 3.8) is 0 Å². The predicted molar refractivity (Wildman–Crippen MR) is 70.5 cm³/mol. The van der Waals surface area contributed by atoms with E-state index >= 15 is 0 Å². The van der Waals surface area contributed by atoms with Crippen molar-refractivity contribution in [2.24, 2.45) is 7.05 Å². The molecule has 1 fully saturated rings. The lowest BCUT2D eigenvalue weighted by Crippen LogP contribution is -2.29. The van der Waals surface area contributed by atoms with Gasteiger partial charge < -0.3 is 14.8 Å². The Balaban J connectivity index is 1.86. The molecule has 1 atom stereocenters. The number of amides is 1. The van der Waals surface area contributed by atoms with Crippen molar-refractivity contribution in [3.05, 3.63) is 12.4 Å². The Kier molecular flexibility index (Phi) is 3.00. The topological polar surface area (TPSA) is 75.9 Å². The number of halogens is 1. The molecule has 2 aromatic heterocycles. The van der Waals surface area contributed by atoms with Gasteiger partial charge in [-0.25, -0.2) is 4.98 Å². The number of nitrogens with zero attached hydrogens (tertiary/aromatic N) is 5. The largest absolute Gasteiger partial charge is 0.363 e. The molecule has 0 bridgehead atoms. The van der Waals surface area contributed by atoms with Gasteiger partial charge in [0.25, 0.3) is 0 Å². The van der Waals surface area contributed by atoms with Crippen molar-refractivity contribution in [1.29, 1.82) is 0 Å². The van der Waals surface area contributed by atoms with E-state index in [4.69, 9.17) is 0 Å². The van der Waals surface area contributed by atoms with Crippen LogP contribution in [0.15, 0.2) is 6.33 Å². The molecule has 7 nitrogen and oxygen atoms in total. The molecule has 1 aliphatic rings. The summed E-state index contributed by atoms with van der Waals surface area (Å²) in [7, 11) is 1.75. The Hall–Kier alpha value is -2.25. The van der Waals surface area contributed by atoms with Gasteiger partial charge in [0.05, 0.1) is 6.33 Å². The van der Waals surface area contributed by atoms with Crippen LogP contribution in [0.4, 0.5) is 10.2 Å². The molecule has 0 aromatic carbocycles. The second-order valence-electron chi connectivity index (χ2n) is 4.96. The molecule has 1 aliphatic heterocycles. The van der Waals surface area contributed by atoms with Crippen LogP contribution < -0.4 is 5.32 Å². The van der Waals surface area contributed by atoms with Gasteiger partial charge in [0.1, 0.15) is 0 Å². The molecule has 3 rings (SSSR count). The average molecular weight is 278 g/mol. The molecule has 8 heteroatoms. The number of nitrogens with one attached hydrogen (secondary N) is 1. The van der Waals surface area contributed by atoms with E-state index in [1.807, 2.05) is 0 Å². The summed E-state index contributed by atoms with van der Waals surface area (Å²) in [4.78, 5) is 24.8. The van der Waals surface area contributed by atoms with E-state index in [0.29, 0.717) is 30.1 Å². The van der Waals surface area contributed by atoms with Gasteiger partial charge >= 0.3 is 6.08 Å². The van der Waals surface area contributed by atoms with Crippen molar-refractivity contribution in [1.82, 2.24) is 24.4 Å². The van der Waals surface area contributed by atoms with Gasteiger partial charge in [-0.2, -0.15) is 14.4 Å². The first-order valence-electron chi connectivity index (χ1n) is 6.41. The van der Waals surface area contributed by atoms with E-state index in [2.05, 4.69) is 20.3 Å². The van der Waals surface area contributed by atoms with Gasteiger partial charge in [-0.1, -0.05) is 0 Å². The van der Waals surface area contributed by atoms with Crippen LogP contribution in [0.5, 0.6) is 0 Å². The van der Waals surface area contributed by atoms with Gasteiger partial charge in [-0.15, -0.1) is 0 Å². The van der Waals surface area contributed by atoms with E-state index in [1.54, 1.807) is 29.8 Å². The number of likely N-dealkylation sites (tertiary alicyclic amines) is 1. The summed E-state index contributed by atoms with van der Waals surface area (Å²) in [6, 6.07) is 0.0541. The number of hydrogen-bond donors (Lipinski definition) is 1. The highest BCUT2D eigenvalue weighted by atomic mass is 19.1. The minimum absolute atomic E-state index is 0.0474. The highest BCUT2D eigenvalue weighted by molar-refractivity contribution is 5.82. The lowest BCUT2D eigenvalue weighted by molar-refractivity contribution is -0.127. The summed E-state index contributed by atoms with van der Waals surface area (Å²) in [5.41, 5.74) is 0.983. The molecule has 0 aliphatic carbocycles. The maximum atomic E-state index is 13.5. The fourth-order valence-corrected chi connectivity index (χ4v) is 2.44. The molecular formula is C12H15FN6O. The van der Waals surface area contributed by atoms with Gasteiger partial charge in [-0.05, 0) is 6.42 Å². The number of rotatable bonds is 2. The van der Waals surface area contributed by atoms with E-state index < -0.39 is 6.08 Å². The summed E-state index contributed by atoms with van der Waals surface area (Å²) in [6.07, 6.45) is 1.59. The Bertz CT molecular complexity index is 669. The minimum Gasteiger partial charge on any atom is -0.363 e. The number of anilines is 1. The van der Waals surface area contributed by atoms with Crippen molar-refractivity contribution < 1.29 is 9.18 Å². The third-order valence-corrected chi connectivity index (χ3v) is 3.51. The van der Waals surface area contributed by atoms with Crippen LogP contribution in [0.25, 0.3) is 11.2 Å². The first-order chi connectivity index (χ1) is 9.54. The lowest BCUT2D eigenvalue weighted by Gasteiger charge is -2.15. The fourth-order valence-electron chi connectivity index (χ4n) is 2.44. The highest BCUT2D eigenvalue weighted by Gasteiger charge is 2.25. The Morgan fingerprint density at radius 3 is 3.00 bits per heavy atom. The van der Waals surface area contributed by atoms with Gasteiger partial charge in [0.15, 0.2) is 17.0 Å². The Labute approximate surface area is 114 Å². The summed E-state index contributed by atoms with van der Waals surface area (Å²) < 4.78 is 15.1. The molecule has 0 saturated carbocycles.